The molecule has 0 fully saturated rings. The predicted molar refractivity (Wildman–Crippen MR) is 79.5 cm³/mol. The average molecular weight is 286 g/mol. The van der Waals surface area contributed by atoms with Crippen molar-refractivity contribution in [2.24, 2.45) is 0 Å². The van der Waals surface area contributed by atoms with Crippen LogP contribution in [-0.4, -0.2) is 24.8 Å². The van der Waals surface area contributed by atoms with Crippen molar-refractivity contribution in [3.63, 3.8) is 0 Å². The van der Waals surface area contributed by atoms with Gasteiger partial charge in [0.15, 0.2) is 0 Å². The third-order valence-electron chi connectivity index (χ3n) is 3.28. The molecule has 0 aliphatic heterocycles. The second-order valence-corrected chi connectivity index (χ2v) is 4.74. The Morgan fingerprint density at radius 3 is 2.43 bits per heavy atom. The van der Waals surface area contributed by atoms with Crippen molar-refractivity contribution in [2.45, 2.75) is 12.8 Å². The van der Waals surface area contributed by atoms with Gasteiger partial charge in [0.2, 0.25) is 0 Å². The van der Waals surface area contributed by atoms with Gasteiger partial charge >= 0.3 is 5.97 Å². The molecule has 1 atom stereocenters. The van der Waals surface area contributed by atoms with Crippen molar-refractivity contribution in [3.8, 4) is 11.5 Å². The van der Waals surface area contributed by atoms with Gasteiger partial charge in [-0.3, -0.25) is 4.79 Å². The number of phenols is 1. The lowest BCUT2D eigenvalue weighted by Gasteiger charge is -2.17. The van der Waals surface area contributed by atoms with Crippen molar-refractivity contribution in [1.29, 1.82) is 0 Å². The minimum absolute atomic E-state index is 0.155. The Labute approximate surface area is 123 Å². The van der Waals surface area contributed by atoms with Crippen molar-refractivity contribution in [1.82, 2.24) is 0 Å². The molecule has 21 heavy (non-hydrogen) atoms. The molecular formula is C17H18O4. The van der Waals surface area contributed by atoms with E-state index in [0.717, 1.165) is 16.9 Å². The summed E-state index contributed by atoms with van der Waals surface area (Å²) in [6.07, 6.45) is 0. The van der Waals surface area contributed by atoms with E-state index in [1.165, 1.54) is 7.11 Å². The Morgan fingerprint density at radius 2 is 1.81 bits per heavy atom. The summed E-state index contributed by atoms with van der Waals surface area (Å²) in [5.41, 5.74) is 1.75. The number of esters is 1. The van der Waals surface area contributed by atoms with Gasteiger partial charge in [0.05, 0.1) is 7.11 Å². The third kappa shape index (κ3) is 3.75. The fraction of sp³-hybridized carbons (Fsp3) is 0.235. The second-order valence-electron chi connectivity index (χ2n) is 4.74. The van der Waals surface area contributed by atoms with Crippen LogP contribution >= 0.6 is 0 Å². The van der Waals surface area contributed by atoms with Crippen molar-refractivity contribution in [2.75, 3.05) is 13.7 Å². The van der Waals surface area contributed by atoms with Crippen LogP contribution in [0, 0.1) is 6.92 Å². The number of aromatic hydroxyl groups is 1. The second kappa shape index (κ2) is 6.79. The summed E-state index contributed by atoms with van der Waals surface area (Å²) in [5.74, 6) is -0.00292. The highest BCUT2D eigenvalue weighted by Gasteiger charge is 2.22. The maximum absolute atomic E-state index is 11.9. The lowest BCUT2D eigenvalue weighted by atomic mass is 10.00. The van der Waals surface area contributed by atoms with Gasteiger partial charge in [0, 0.05) is 0 Å². The highest BCUT2D eigenvalue weighted by Crippen LogP contribution is 2.23. The lowest BCUT2D eigenvalue weighted by Crippen LogP contribution is -2.21. The maximum Gasteiger partial charge on any atom is 0.316 e. The molecule has 0 aliphatic carbocycles. The summed E-state index contributed by atoms with van der Waals surface area (Å²) in [7, 11) is 1.35. The number of phenolic OH excluding ortho intramolecular Hbond substituents is 1. The molecule has 1 N–H and O–H groups in total. The van der Waals surface area contributed by atoms with E-state index in [1.54, 1.807) is 24.3 Å². The van der Waals surface area contributed by atoms with E-state index in [9.17, 15) is 9.90 Å². The van der Waals surface area contributed by atoms with Gasteiger partial charge in [0.1, 0.15) is 24.0 Å². The summed E-state index contributed by atoms with van der Waals surface area (Å²) in [5, 5.41) is 9.33. The van der Waals surface area contributed by atoms with Crippen LogP contribution in [-0.2, 0) is 9.53 Å². The summed E-state index contributed by atoms with van der Waals surface area (Å²) >= 11 is 0. The number of hydrogen-bond acceptors (Lipinski definition) is 4. The van der Waals surface area contributed by atoms with E-state index in [0.29, 0.717) is 0 Å². The van der Waals surface area contributed by atoms with Gasteiger partial charge in [-0.25, -0.2) is 0 Å². The van der Waals surface area contributed by atoms with Crippen LogP contribution in [0.25, 0.3) is 0 Å². The molecule has 0 bridgehead atoms. The summed E-state index contributed by atoms with van der Waals surface area (Å²) in [6.45, 7) is 2.13. The summed E-state index contributed by atoms with van der Waals surface area (Å²) in [4.78, 5) is 11.9. The molecule has 0 aliphatic rings. The fourth-order valence-electron chi connectivity index (χ4n) is 2.04. The van der Waals surface area contributed by atoms with E-state index in [1.807, 2.05) is 31.2 Å². The molecule has 4 heteroatoms. The first-order valence-electron chi connectivity index (χ1n) is 6.67. The fourth-order valence-corrected chi connectivity index (χ4v) is 2.04. The van der Waals surface area contributed by atoms with Crippen LogP contribution < -0.4 is 4.74 Å². The van der Waals surface area contributed by atoms with E-state index in [4.69, 9.17) is 9.47 Å². The maximum atomic E-state index is 11.9. The van der Waals surface area contributed by atoms with Gasteiger partial charge in [0.25, 0.3) is 0 Å². The number of benzene rings is 2. The SMILES string of the molecule is COC(=O)C(COc1ccccc1C)c1ccc(O)cc1. The first-order valence-corrected chi connectivity index (χ1v) is 6.67. The Kier molecular flexibility index (Phi) is 4.82. The summed E-state index contributed by atoms with van der Waals surface area (Å²) in [6, 6.07) is 14.1. The number of methoxy groups -OCH3 is 1. The number of rotatable bonds is 5. The van der Waals surface area contributed by atoms with Gasteiger partial charge in [-0.15, -0.1) is 0 Å². The first-order chi connectivity index (χ1) is 10.1. The zero-order valence-electron chi connectivity index (χ0n) is 12.1. The smallest absolute Gasteiger partial charge is 0.316 e. The minimum atomic E-state index is -0.532. The largest absolute Gasteiger partial charge is 0.508 e. The number of carbonyl (C=O) groups excluding carboxylic acids is 1. The van der Waals surface area contributed by atoms with Crippen LogP contribution in [0.1, 0.15) is 17.0 Å². The topological polar surface area (TPSA) is 55.8 Å². The number of para-hydroxylation sites is 1. The third-order valence-corrected chi connectivity index (χ3v) is 3.28. The van der Waals surface area contributed by atoms with Crippen molar-refractivity contribution in [3.05, 3.63) is 59.7 Å². The molecule has 0 aromatic heterocycles. The Balaban J connectivity index is 2.16. The highest BCUT2D eigenvalue weighted by atomic mass is 16.5. The molecule has 0 radical (unpaired) electrons. The molecule has 0 saturated carbocycles. The van der Waals surface area contributed by atoms with Crippen molar-refractivity contribution < 1.29 is 19.4 Å². The van der Waals surface area contributed by atoms with Crippen molar-refractivity contribution >= 4 is 5.97 Å². The zero-order valence-corrected chi connectivity index (χ0v) is 12.1. The predicted octanol–water partition coefficient (Wildman–Crippen LogP) is 3.04. The van der Waals surface area contributed by atoms with Gasteiger partial charge in [-0.1, -0.05) is 30.3 Å². The molecule has 0 spiro atoms. The Hall–Kier alpha value is -2.49. The Bertz CT molecular complexity index is 604. The van der Waals surface area contributed by atoms with E-state index in [2.05, 4.69) is 0 Å². The zero-order chi connectivity index (χ0) is 15.2. The standard InChI is InChI=1S/C17H18O4/c1-12-5-3-4-6-16(12)21-11-15(17(19)20-2)13-7-9-14(18)10-8-13/h3-10,15,18H,11H2,1-2H3. The molecule has 0 heterocycles. The van der Waals surface area contributed by atoms with Gasteiger partial charge in [-0.05, 0) is 36.2 Å². The lowest BCUT2D eigenvalue weighted by molar-refractivity contribution is -0.143. The van der Waals surface area contributed by atoms with Crippen LogP contribution in [0.15, 0.2) is 48.5 Å². The number of ether oxygens (including phenoxy) is 2. The van der Waals surface area contributed by atoms with E-state index < -0.39 is 5.92 Å². The first kappa shape index (κ1) is 14.9. The molecule has 1 unspecified atom stereocenters. The molecular weight excluding hydrogens is 268 g/mol. The summed E-state index contributed by atoms with van der Waals surface area (Å²) < 4.78 is 10.6. The molecule has 2 aromatic carbocycles. The molecule has 2 aromatic rings. The molecule has 0 saturated heterocycles. The highest BCUT2D eigenvalue weighted by molar-refractivity contribution is 5.78. The molecule has 4 nitrogen and oxygen atoms in total. The van der Waals surface area contributed by atoms with Crippen LogP contribution in [0.4, 0.5) is 0 Å². The minimum Gasteiger partial charge on any atom is -0.508 e. The van der Waals surface area contributed by atoms with E-state index >= 15 is 0 Å². The molecule has 2 rings (SSSR count). The quantitative estimate of drug-likeness (QED) is 0.858. The van der Waals surface area contributed by atoms with E-state index in [-0.39, 0.29) is 18.3 Å². The van der Waals surface area contributed by atoms with Crippen LogP contribution in [0.2, 0.25) is 0 Å². The number of aryl methyl sites for hydroxylation is 1. The monoisotopic (exact) mass is 286 g/mol. The number of carbonyl (C=O) groups is 1. The van der Waals surface area contributed by atoms with Gasteiger partial charge < -0.3 is 14.6 Å². The molecule has 0 amide bonds. The number of hydrogen-bond donors (Lipinski definition) is 1. The van der Waals surface area contributed by atoms with Crippen LogP contribution in [0.3, 0.4) is 0 Å². The molecule has 110 valence electrons. The van der Waals surface area contributed by atoms with Crippen LogP contribution in [0.5, 0.6) is 11.5 Å². The normalized spacial score (nSPS) is 11.7. The van der Waals surface area contributed by atoms with Gasteiger partial charge in [-0.2, -0.15) is 0 Å². The average Bonchev–Trinajstić information content (AvgIpc) is 2.50. The Morgan fingerprint density at radius 1 is 1.14 bits per heavy atom.